The van der Waals surface area contributed by atoms with Gasteiger partial charge in [0.15, 0.2) is 0 Å². The Kier molecular flexibility index (Phi) is 5.29. The van der Waals surface area contributed by atoms with E-state index in [9.17, 15) is 4.79 Å². The van der Waals surface area contributed by atoms with Crippen LogP contribution in [0.4, 0.5) is 0 Å². The lowest BCUT2D eigenvalue weighted by molar-refractivity contribution is -0.136. The van der Waals surface area contributed by atoms with Gasteiger partial charge in [-0.3, -0.25) is 4.79 Å². The molecule has 5 nitrogen and oxygen atoms in total. The number of hydrogen-bond donors (Lipinski definition) is 2. The number of aryl methyl sites for hydroxylation is 1. The van der Waals surface area contributed by atoms with Gasteiger partial charge in [0, 0.05) is 24.0 Å². The smallest absolute Gasteiger partial charge is 0.304 e. The lowest BCUT2D eigenvalue weighted by Gasteiger charge is -2.00. The van der Waals surface area contributed by atoms with Crippen molar-refractivity contribution in [3.8, 4) is 5.75 Å². The van der Waals surface area contributed by atoms with E-state index in [0.717, 1.165) is 34.8 Å². The largest absolute Gasteiger partial charge is 0.494 e. The number of aromatic amines is 1. The summed E-state index contributed by atoms with van der Waals surface area (Å²) in [6, 6.07) is 5.81. The summed E-state index contributed by atoms with van der Waals surface area (Å²) in [4.78, 5) is 18.2. The molecule has 0 saturated carbocycles. The number of aliphatic carboxylic acids is 1. The normalized spacial score (nSPS) is 10.8. The van der Waals surface area contributed by atoms with Gasteiger partial charge in [-0.25, -0.2) is 4.98 Å². The van der Waals surface area contributed by atoms with Crippen LogP contribution in [0.2, 0.25) is 0 Å². The zero-order valence-corrected chi connectivity index (χ0v) is 12.2. The molecule has 0 fully saturated rings. The van der Waals surface area contributed by atoms with Crippen LogP contribution in [0.3, 0.4) is 0 Å². The molecule has 2 aromatic rings. The number of ether oxygens (including phenoxy) is 1. The van der Waals surface area contributed by atoms with Crippen molar-refractivity contribution in [1.82, 2.24) is 9.97 Å². The Hall–Kier alpha value is -1.69. The zero-order valence-electron chi connectivity index (χ0n) is 11.4. The number of imidazole rings is 1. The van der Waals surface area contributed by atoms with Crippen LogP contribution in [0.5, 0.6) is 5.75 Å². The van der Waals surface area contributed by atoms with E-state index in [-0.39, 0.29) is 6.42 Å². The molecule has 1 heterocycles. The minimum atomic E-state index is -0.746. The number of benzene rings is 1. The zero-order chi connectivity index (χ0) is 14.4. The highest BCUT2D eigenvalue weighted by Crippen LogP contribution is 2.19. The van der Waals surface area contributed by atoms with Crippen molar-refractivity contribution >= 4 is 28.8 Å². The third-order valence-corrected chi connectivity index (χ3v) is 3.74. The number of carbonyl (C=O) groups is 1. The number of hydrogen-bond acceptors (Lipinski definition) is 4. The lowest BCUT2D eigenvalue weighted by atomic mass is 10.3. The maximum Gasteiger partial charge on any atom is 0.304 e. The van der Waals surface area contributed by atoms with Gasteiger partial charge in [-0.05, 0) is 19.1 Å². The van der Waals surface area contributed by atoms with Gasteiger partial charge in [0.25, 0.3) is 0 Å². The van der Waals surface area contributed by atoms with Crippen molar-refractivity contribution in [1.29, 1.82) is 0 Å². The predicted molar refractivity (Wildman–Crippen MR) is 80.5 cm³/mol. The minimum Gasteiger partial charge on any atom is -0.494 e. The highest BCUT2D eigenvalue weighted by atomic mass is 32.2. The highest BCUT2D eigenvalue weighted by Gasteiger charge is 2.04. The molecule has 6 heteroatoms. The molecule has 0 unspecified atom stereocenters. The first-order valence-electron chi connectivity index (χ1n) is 6.60. The van der Waals surface area contributed by atoms with Crippen LogP contribution in [-0.4, -0.2) is 39.2 Å². The number of aromatic nitrogens is 2. The predicted octanol–water partition coefficient (Wildman–Crippen LogP) is 2.71. The number of thioether (sulfide) groups is 1. The number of rotatable bonds is 8. The molecule has 0 amide bonds. The van der Waals surface area contributed by atoms with Gasteiger partial charge in [-0.2, -0.15) is 11.8 Å². The van der Waals surface area contributed by atoms with Gasteiger partial charge in [0.05, 0.1) is 24.1 Å². The van der Waals surface area contributed by atoms with Gasteiger partial charge in [0.1, 0.15) is 11.6 Å². The summed E-state index contributed by atoms with van der Waals surface area (Å²) in [6.07, 6.45) is 1.02. The molecule has 0 aliphatic heterocycles. The first-order valence-corrected chi connectivity index (χ1v) is 7.75. The Balaban J connectivity index is 1.89. The minimum absolute atomic E-state index is 0.211. The molecule has 108 valence electrons. The van der Waals surface area contributed by atoms with Crippen molar-refractivity contribution in [2.75, 3.05) is 18.1 Å². The van der Waals surface area contributed by atoms with Gasteiger partial charge < -0.3 is 14.8 Å². The van der Waals surface area contributed by atoms with Crippen molar-refractivity contribution < 1.29 is 14.6 Å². The van der Waals surface area contributed by atoms with Gasteiger partial charge >= 0.3 is 5.97 Å². The summed E-state index contributed by atoms with van der Waals surface area (Å²) in [5.74, 6) is 2.53. The van der Waals surface area contributed by atoms with Crippen LogP contribution in [0.25, 0.3) is 11.0 Å². The molecule has 1 aromatic carbocycles. The number of H-pyrrole nitrogens is 1. The maximum atomic E-state index is 10.4. The second-order valence-corrected chi connectivity index (χ2v) is 5.53. The molecule has 1 aromatic heterocycles. The molecule has 0 saturated heterocycles. The summed E-state index contributed by atoms with van der Waals surface area (Å²) in [5.41, 5.74) is 1.90. The maximum absolute atomic E-state index is 10.4. The molecular formula is C14H18N2O3S. The third-order valence-electron chi connectivity index (χ3n) is 2.76. The summed E-state index contributed by atoms with van der Waals surface area (Å²) in [6.45, 7) is 2.60. The fraction of sp³-hybridized carbons (Fsp3) is 0.429. The van der Waals surface area contributed by atoms with E-state index in [0.29, 0.717) is 12.4 Å². The second kappa shape index (κ2) is 7.19. The number of nitrogens with zero attached hydrogens (tertiary/aromatic N) is 1. The van der Waals surface area contributed by atoms with Crippen molar-refractivity contribution in [3.05, 3.63) is 24.0 Å². The van der Waals surface area contributed by atoms with Crippen LogP contribution in [-0.2, 0) is 11.2 Å². The van der Waals surface area contributed by atoms with Crippen LogP contribution in [0.1, 0.15) is 19.2 Å². The van der Waals surface area contributed by atoms with E-state index in [1.165, 1.54) is 0 Å². The molecule has 20 heavy (non-hydrogen) atoms. The van der Waals surface area contributed by atoms with Gasteiger partial charge in [0.2, 0.25) is 0 Å². The van der Waals surface area contributed by atoms with E-state index >= 15 is 0 Å². The van der Waals surface area contributed by atoms with Crippen molar-refractivity contribution in [2.45, 2.75) is 19.8 Å². The average Bonchev–Trinajstić information content (AvgIpc) is 2.80. The van der Waals surface area contributed by atoms with E-state index in [1.807, 2.05) is 25.1 Å². The Bertz CT molecular complexity index is 583. The molecule has 0 radical (unpaired) electrons. The van der Waals surface area contributed by atoms with E-state index < -0.39 is 5.97 Å². The molecule has 0 atom stereocenters. The number of carboxylic acid groups (broad SMARTS) is 1. The van der Waals surface area contributed by atoms with Crippen LogP contribution >= 0.6 is 11.8 Å². The highest BCUT2D eigenvalue weighted by molar-refractivity contribution is 7.99. The molecule has 0 aliphatic rings. The van der Waals surface area contributed by atoms with E-state index in [4.69, 9.17) is 9.84 Å². The molecule has 2 N–H and O–H groups in total. The summed E-state index contributed by atoms with van der Waals surface area (Å²) in [7, 11) is 0. The van der Waals surface area contributed by atoms with Crippen LogP contribution in [0.15, 0.2) is 18.2 Å². The fourth-order valence-electron chi connectivity index (χ4n) is 1.85. The third kappa shape index (κ3) is 4.16. The summed E-state index contributed by atoms with van der Waals surface area (Å²) < 4.78 is 5.45. The number of nitrogens with one attached hydrogen (secondary N) is 1. The summed E-state index contributed by atoms with van der Waals surface area (Å²) in [5, 5.41) is 8.55. The van der Waals surface area contributed by atoms with Crippen LogP contribution in [0, 0.1) is 0 Å². The monoisotopic (exact) mass is 294 g/mol. The lowest BCUT2D eigenvalue weighted by Crippen LogP contribution is -1.98. The van der Waals surface area contributed by atoms with Crippen molar-refractivity contribution in [2.24, 2.45) is 0 Å². The topological polar surface area (TPSA) is 75.2 Å². The molecule has 0 bridgehead atoms. The Morgan fingerprint density at radius 3 is 3.05 bits per heavy atom. The number of carboxylic acids is 1. The Morgan fingerprint density at radius 2 is 2.30 bits per heavy atom. The molecule has 2 rings (SSSR count). The quantitative estimate of drug-likeness (QED) is 0.732. The van der Waals surface area contributed by atoms with E-state index in [2.05, 4.69) is 9.97 Å². The van der Waals surface area contributed by atoms with E-state index in [1.54, 1.807) is 11.8 Å². The molecule has 0 aliphatic carbocycles. The van der Waals surface area contributed by atoms with Crippen molar-refractivity contribution in [3.63, 3.8) is 0 Å². The first kappa shape index (κ1) is 14.7. The first-order chi connectivity index (χ1) is 9.69. The molecule has 0 spiro atoms. The second-order valence-electron chi connectivity index (χ2n) is 4.30. The molecular weight excluding hydrogens is 276 g/mol. The van der Waals surface area contributed by atoms with Crippen LogP contribution < -0.4 is 4.74 Å². The Labute approximate surface area is 121 Å². The van der Waals surface area contributed by atoms with Gasteiger partial charge in [-0.15, -0.1) is 0 Å². The SMILES string of the molecule is CCOc1ccc2nc(CCSCCC(=O)O)[nH]c2c1. The number of fused-ring (bicyclic) bond motifs is 1. The van der Waals surface area contributed by atoms with Gasteiger partial charge in [-0.1, -0.05) is 0 Å². The fourth-order valence-corrected chi connectivity index (χ4v) is 2.71. The standard InChI is InChI=1S/C14H18N2O3S/c1-2-19-10-3-4-11-12(9-10)16-13(15-11)5-7-20-8-6-14(17)18/h3-4,9H,2,5-8H2,1H3,(H,15,16)(H,17,18). The summed E-state index contributed by atoms with van der Waals surface area (Å²) >= 11 is 1.63. The Morgan fingerprint density at radius 1 is 1.45 bits per heavy atom. The average molecular weight is 294 g/mol.